The maximum Gasteiger partial charge on any atom is 0.230 e. The van der Waals surface area contributed by atoms with E-state index in [1.54, 1.807) is 26.4 Å². The van der Waals surface area contributed by atoms with Crippen molar-refractivity contribution >= 4 is 57.7 Å². The van der Waals surface area contributed by atoms with E-state index in [9.17, 15) is 4.79 Å². The summed E-state index contributed by atoms with van der Waals surface area (Å²) in [6.45, 7) is 0. The van der Waals surface area contributed by atoms with E-state index in [1.165, 1.54) is 5.01 Å². The van der Waals surface area contributed by atoms with E-state index in [0.717, 1.165) is 34.3 Å². The Balaban J connectivity index is 1.46. The first-order chi connectivity index (χ1) is 17.5. The molecule has 1 unspecified atom stereocenters. The Hall–Kier alpha value is -3.88. The highest BCUT2D eigenvalue weighted by Gasteiger charge is 2.28. The highest BCUT2D eigenvalue weighted by Crippen LogP contribution is 2.36. The Morgan fingerprint density at radius 3 is 2.47 bits per heavy atom. The van der Waals surface area contributed by atoms with Crippen molar-refractivity contribution < 1.29 is 14.3 Å². The maximum atomic E-state index is 11.7. The van der Waals surface area contributed by atoms with Gasteiger partial charge in [-0.1, -0.05) is 35.9 Å². The van der Waals surface area contributed by atoms with Gasteiger partial charge in [0.2, 0.25) is 11.7 Å². The van der Waals surface area contributed by atoms with E-state index in [0.29, 0.717) is 34.3 Å². The number of benzene rings is 3. The zero-order chi connectivity index (χ0) is 25.2. The molecule has 1 N–H and O–H groups in total. The van der Waals surface area contributed by atoms with Crippen LogP contribution >= 0.6 is 23.2 Å². The van der Waals surface area contributed by atoms with E-state index in [2.05, 4.69) is 20.4 Å². The van der Waals surface area contributed by atoms with Crippen LogP contribution in [0.4, 0.5) is 11.5 Å². The first-order valence-electron chi connectivity index (χ1n) is 11.0. The first-order valence-corrected chi connectivity index (χ1v) is 11.8. The molecule has 10 heteroatoms. The summed E-state index contributed by atoms with van der Waals surface area (Å²) in [5.41, 5.74) is 4.02. The standard InChI is InChI=1S/C26H21Cl2N5O3/c1-35-23-11-19-21(13-24(23)36-2)30-26(28)31-25(19)29-18-5-3-4-16(10-18)20-12-22(33(14-34)32-20)15-6-8-17(27)9-7-15/h3-11,13-14,22H,12H2,1-2H3,(H,29,30,31). The summed E-state index contributed by atoms with van der Waals surface area (Å²) in [6.07, 6.45) is 1.31. The summed E-state index contributed by atoms with van der Waals surface area (Å²) in [5.74, 6) is 1.61. The number of anilines is 2. The third-order valence-electron chi connectivity index (χ3n) is 5.94. The number of carbonyl (C=O) groups excluding carboxylic acids is 1. The van der Waals surface area contributed by atoms with Crippen LogP contribution in [-0.2, 0) is 4.79 Å². The predicted octanol–water partition coefficient (Wildman–Crippen LogP) is 6.00. The van der Waals surface area contributed by atoms with Gasteiger partial charge in [0.1, 0.15) is 5.82 Å². The molecule has 8 nitrogen and oxygen atoms in total. The van der Waals surface area contributed by atoms with Gasteiger partial charge in [-0.3, -0.25) is 4.79 Å². The SMILES string of the molecule is COc1cc2nc(Cl)nc(Nc3cccc(C4=NN(C=O)C(c5ccc(Cl)cc5)C4)c3)c2cc1OC. The summed E-state index contributed by atoms with van der Waals surface area (Å²) >= 11 is 12.2. The van der Waals surface area contributed by atoms with Crippen LogP contribution in [0, 0.1) is 0 Å². The molecule has 0 saturated heterocycles. The number of hydrogen-bond donors (Lipinski definition) is 1. The fourth-order valence-corrected chi connectivity index (χ4v) is 4.49. The summed E-state index contributed by atoms with van der Waals surface area (Å²) in [7, 11) is 3.13. The maximum absolute atomic E-state index is 11.7. The average Bonchev–Trinajstić information content (AvgIpc) is 3.33. The van der Waals surface area contributed by atoms with Crippen molar-refractivity contribution in [3.05, 3.63) is 82.1 Å². The van der Waals surface area contributed by atoms with Crippen molar-refractivity contribution in [2.45, 2.75) is 12.5 Å². The Morgan fingerprint density at radius 2 is 1.75 bits per heavy atom. The predicted molar refractivity (Wildman–Crippen MR) is 141 cm³/mol. The Bertz CT molecular complexity index is 1480. The molecule has 2 heterocycles. The number of fused-ring (bicyclic) bond motifs is 1. The topological polar surface area (TPSA) is 88.9 Å². The molecule has 0 spiro atoms. The quantitative estimate of drug-likeness (QED) is 0.237. The number of aromatic nitrogens is 2. The van der Waals surface area contributed by atoms with E-state index in [-0.39, 0.29) is 11.3 Å². The highest BCUT2D eigenvalue weighted by atomic mass is 35.5. The number of ether oxygens (including phenoxy) is 2. The number of nitrogens with zero attached hydrogens (tertiary/aromatic N) is 4. The molecule has 0 aliphatic carbocycles. The fraction of sp³-hybridized carbons (Fsp3) is 0.154. The van der Waals surface area contributed by atoms with Crippen molar-refractivity contribution in [3.8, 4) is 11.5 Å². The molecule has 0 saturated carbocycles. The van der Waals surface area contributed by atoms with Gasteiger partial charge < -0.3 is 14.8 Å². The number of carbonyl (C=O) groups is 1. The molecule has 1 aromatic heterocycles. The second-order valence-electron chi connectivity index (χ2n) is 8.07. The zero-order valence-electron chi connectivity index (χ0n) is 19.4. The summed E-state index contributed by atoms with van der Waals surface area (Å²) < 4.78 is 10.8. The van der Waals surface area contributed by atoms with Crippen LogP contribution in [0.1, 0.15) is 23.6 Å². The molecule has 4 aromatic rings. The molecule has 5 rings (SSSR count). The first kappa shape index (κ1) is 23.8. The van der Waals surface area contributed by atoms with Crippen LogP contribution in [-0.4, -0.2) is 41.3 Å². The lowest BCUT2D eigenvalue weighted by molar-refractivity contribution is -0.119. The van der Waals surface area contributed by atoms with Crippen molar-refractivity contribution in [1.29, 1.82) is 0 Å². The second kappa shape index (κ2) is 10.0. The lowest BCUT2D eigenvalue weighted by Gasteiger charge is -2.17. The number of nitrogens with one attached hydrogen (secondary N) is 1. The number of hydrogen-bond acceptors (Lipinski definition) is 7. The van der Waals surface area contributed by atoms with Gasteiger partial charge in [0.25, 0.3) is 0 Å². The van der Waals surface area contributed by atoms with Gasteiger partial charge in [0.05, 0.1) is 31.5 Å². The smallest absolute Gasteiger partial charge is 0.230 e. The minimum Gasteiger partial charge on any atom is -0.493 e. The summed E-state index contributed by atoms with van der Waals surface area (Å²) in [5, 5.41) is 10.8. The van der Waals surface area contributed by atoms with Crippen LogP contribution in [0.2, 0.25) is 10.3 Å². The minimum absolute atomic E-state index is 0.0981. The molecule has 182 valence electrons. The molecule has 1 aliphatic heterocycles. The average molecular weight is 522 g/mol. The van der Waals surface area contributed by atoms with E-state index < -0.39 is 0 Å². The molecule has 0 bridgehead atoms. The molecule has 0 fully saturated rings. The minimum atomic E-state index is -0.196. The number of rotatable bonds is 7. The molecule has 1 atom stereocenters. The van der Waals surface area contributed by atoms with Gasteiger partial charge in [0.15, 0.2) is 11.5 Å². The number of amides is 1. The van der Waals surface area contributed by atoms with Crippen LogP contribution in [0.15, 0.2) is 65.8 Å². The van der Waals surface area contributed by atoms with E-state index in [4.69, 9.17) is 32.7 Å². The normalized spacial score (nSPS) is 15.1. The summed E-state index contributed by atoms with van der Waals surface area (Å²) in [6, 6.07) is 18.5. The van der Waals surface area contributed by atoms with Gasteiger partial charge >= 0.3 is 0 Å². The Kier molecular flexibility index (Phi) is 6.63. The monoisotopic (exact) mass is 521 g/mol. The van der Waals surface area contributed by atoms with Gasteiger partial charge in [-0.2, -0.15) is 10.1 Å². The molecular weight excluding hydrogens is 501 g/mol. The lowest BCUT2D eigenvalue weighted by Crippen LogP contribution is -2.17. The molecule has 1 amide bonds. The molecular formula is C26H21Cl2N5O3. The summed E-state index contributed by atoms with van der Waals surface area (Å²) in [4.78, 5) is 20.4. The van der Waals surface area contributed by atoms with E-state index in [1.807, 2.05) is 48.5 Å². The number of hydrazone groups is 1. The number of halogens is 2. The zero-order valence-corrected chi connectivity index (χ0v) is 20.9. The Morgan fingerprint density at radius 1 is 1.00 bits per heavy atom. The second-order valence-corrected chi connectivity index (χ2v) is 8.85. The van der Waals surface area contributed by atoms with Crippen LogP contribution in [0.3, 0.4) is 0 Å². The van der Waals surface area contributed by atoms with Crippen molar-refractivity contribution in [3.63, 3.8) is 0 Å². The number of methoxy groups -OCH3 is 2. The van der Waals surface area contributed by atoms with Gasteiger partial charge in [-0.05, 0) is 53.1 Å². The van der Waals surface area contributed by atoms with Crippen molar-refractivity contribution in [1.82, 2.24) is 15.0 Å². The lowest BCUT2D eigenvalue weighted by atomic mass is 9.98. The van der Waals surface area contributed by atoms with Gasteiger partial charge in [0, 0.05) is 28.6 Å². The van der Waals surface area contributed by atoms with Crippen LogP contribution in [0.5, 0.6) is 11.5 Å². The third-order valence-corrected chi connectivity index (χ3v) is 6.36. The fourth-order valence-electron chi connectivity index (χ4n) is 4.19. The molecule has 1 aliphatic rings. The van der Waals surface area contributed by atoms with Crippen LogP contribution < -0.4 is 14.8 Å². The van der Waals surface area contributed by atoms with Gasteiger partial charge in [-0.25, -0.2) is 9.99 Å². The third kappa shape index (κ3) is 4.65. The van der Waals surface area contributed by atoms with Crippen molar-refractivity contribution in [2.24, 2.45) is 5.10 Å². The van der Waals surface area contributed by atoms with Crippen molar-refractivity contribution in [2.75, 3.05) is 19.5 Å². The molecule has 36 heavy (non-hydrogen) atoms. The Labute approximate surface area is 217 Å². The molecule has 0 radical (unpaired) electrons. The van der Waals surface area contributed by atoms with E-state index >= 15 is 0 Å². The highest BCUT2D eigenvalue weighted by molar-refractivity contribution is 6.30. The van der Waals surface area contributed by atoms with Gasteiger partial charge in [-0.15, -0.1) is 0 Å². The molecule has 3 aromatic carbocycles. The van der Waals surface area contributed by atoms with Crippen LogP contribution in [0.25, 0.3) is 10.9 Å². The largest absolute Gasteiger partial charge is 0.493 e.